The van der Waals surface area contributed by atoms with Crippen LogP contribution in [0.5, 0.6) is 5.75 Å². The van der Waals surface area contributed by atoms with E-state index in [1.807, 2.05) is 49.9 Å². The summed E-state index contributed by atoms with van der Waals surface area (Å²) in [6.45, 7) is 12.3. The number of amides is 1. The van der Waals surface area contributed by atoms with E-state index in [1.165, 1.54) is 12.0 Å². The number of fused-ring (bicyclic) bond motifs is 1. The molecule has 0 saturated carbocycles. The van der Waals surface area contributed by atoms with E-state index in [0.717, 1.165) is 36.8 Å². The van der Waals surface area contributed by atoms with E-state index in [-0.39, 0.29) is 5.91 Å². The van der Waals surface area contributed by atoms with Gasteiger partial charge in [0.2, 0.25) is 0 Å². The molecule has 0 aliphatic carbocycles. The first-order valence-electron chi connectivity index (χ1n) is 10.4. The maximum absolute atomic E-state index is 12.4. The van der Waals surface area contributed by atoms with Gasteiger partial charge in [0.05, 0.1) is 12.1 Å². The fourth-order valence-corrected chi connectivity index (χ4v) is 3.04. The van der Waals surface area contributed by atoms with Gasteiger partial charge in [-0.25, -0.2) is 0 Å². The predicted octanol–water partition coefficient (Wildman–Crippen LogP) is 4.53. The van der Waals surface area contributed by atoms with Crippen molar-refractivity contribution in [2.24, 2.45) is 0 Å². The van der Waals surface area contributed by atoms with E-state index in [2.05, 4.69) is 16.6 Å². The monoisotopic (exact) mass is 402 g/mol. The number of likely N-dealkylation sites (tertiary alicyclic amines) is 1. The van der Waals surface area contributed by atoms with Gasteiger partial charge in [0, 0.05) is 30.7 Å². The van der Waals surface area contributed by atoms with E-state index in [1.54, 1.807) is 13.1 Å². The highest BCUT2D eigenvalue weighted by atomic mass is 16.5. The molecular weight excluding hydrogens is 368 g/mol. The van der Waals surface area contributed by atoms with Gasteiger partial charge in [0.15, 0.2) is 6.10 Å². The second-order valence-corrected chi connectivity index (χ2v) is 6.50. The van der Waals surface area contributed by atoms with Gasteiger partial charge in [-0.1, -0.05) is 13.8 Å². The van der Waals surface area contributed by atoms with Crippen molar-refractivity contribution < 1.29 is 19.1 Å². The number of hydrogen-bond donors (Lipinski definition) is 0. The van der Waals surface area contributed by atoms with Crippen molar-refractivity contribution in [2.75, 3.05) is 19.7 Å². The standard InChI is InChI=1S/C18H22N2O2.C3H6O2.C2H6/c1-13-8-9-19-17-12-15(6-7-16(13)17)22-14(2)18(21)20-10-4-3-5-11-20;1-2-5-3-4;1-2/h6-9,12,14H,3-5,10-11H2,1-2H3;3H,2H2,1H3;1-2H3. The number of carbonyl (C=O) groups excluding carboxylic acids is 2. The lowest BCUT2D eigenvalue weighted by Gasteiger charge is -2.29. The summed E-state index contributed by atoms with van der Waals surface area (Å²) in [5.74, 6) is 0.778. The van der Waals surface area contributed by atoms with Crippen LogP contribution in [0.3, 0.4) is 0 Å². The van der Waals surface area contributed by atoms with Crippen LogP contribution in [0.4, 0.5) is 0 Å². The van der Waals surface area contributed by atoms with Crippen LogP contribution in [0.25, 0.3) is 10.9 Å². The van der Waals surface area contributed by atoms with Crippen LogP contribution in [0.2, 0.25) is 0 Å². The molecule has 1 amide bonds. The van der Waals surface area contributed by atoms with Crippen molar-refractivity contribution in [3.8, 4) is 5.75 Å². The summed E-state index contributed by atoms with van der Waals surface area (Å²) >= 11 is 0. The summed E-state index contributed by atoms with van der Waals surface area (Å²) in [5.41, 5.74) is 2.09. The third-order valence-corrected chi connectivity index (χ3v) is 4.50. The first-order chi connectivity index (χ1) is 14.1. The number of ether oxygens (including phenoxy) is 2. The Hall–Kier alpha value is -2.63. The van der Waals surface area contributed by atoms with Crippen LogP contribution in [0.15, 0.2) is 30.5 Å². The molecule has 1 fully saturated rings. The van der Waals surface area contributed by atoms with Crippen molar-refractivity contribution in [3.63, 3.8) is 0 Å². The molecule has 1 unspecified atom stereocenters. The number of nitrogens with zero attached hydrogens (tertiary/aromatic N) is 2. The molecule has 1 aromatic heterocycles. The molecule has 1 aliphatic heterocycles. The van der Waals surface area contributed by atoms with Gasteiger partial charge in [-0.05, 0) is 63.8 Å². The third-order valence-electron chi connectivity index (χ3n) is 4.50. The largest absolute Gasteiger partial charge is 0.481 e. The van der Waals surface area contributed by atoms with E-state index in [4.69, 9.17) is 4.74 Å². The Morgan fingerprint density at radius 3 is 2.48 bits per heavy atom. The summed E-state index contributed by atoms with van der Waals surface area (Å²) in [6, 6.07) is 7.82. The van der Waals surface area contributed by atoms with Crippen LogP contribution in [0, 0.1) is 6.92 Å². The van der Waals surface area contributed by atoms with Gasteiger partial charge in [-0.3, -0.25) is 14.6 Å². The molecule has 0 N–H and O–H groups in total. The molecule has 29 heavy (non-hydrogen) atoms. The lowest BCUT2D eigenvalue weighted by Crippen LogP contribution is -2.43. The minimum absolute atomic E-state index is 0.0806. The Morgan fingerprint density at radius 2 is 1.90 bits per heavy atom. The Morgan fingerprint density at radius 1 is 1.21 bits per heavy atom. The molecule has 6 heteroatoms. The topological polar surface area (TPSA) is 68.7 Å². The highest BCUT2D eigenvalue weighted by molar-refractivity contribution is 5.84. The van der Waals surface area contributed by atoms with Crippen molar-refractivity contribution in [3.05, 3.63) is 36.0 Å². The smallest absolute Gasteiger partial charge is 0.293 e. The average molecular weight is 403 g/mol. The quantitative estimate of drug-likeness (QED) is 0.688. The Bertz CT molecular complexity index is 758. The molecule has 6 nitrogen and oxygen atoms in total. The molecule has 1 saturated heterocycles. The van der Waals surface area contributed by atoms with Gasteiger partial charge in [-0.2, -0.15) is 0 Å². The van der Waals surface area contributed by atoms with Crippen molar-refractivity contribution in [1.82, 2.24) is 9.88 Å². The molecule has 0 radical (unpaired) electrons. The highest BCUT2D eigenvalue weighted by Gasteiger charge is 2.23. The number of hydrogen-bond acceptors (Lipinski definition) is 5. The van der Waals surface area contributed by atoms with Crippen LogP contribution in [0.1, 0.15) is 52.5 Å². The number of benzene rings is 1. The van der Waals surface area contributed by atoms with E-state index < -0.39 is 6.10 Å². The molecule has 0 spiro atoms. The summed E-state index contributed by atoms with van der Waals surface area (Å²) in [5, 5.41) is 1.12. The minimum Gasteiger partial charge on any atom is -0.481 e. The number of rotatable bonds is 5. The van der Waals surface area contributed by atoms with Crippen LogP contribution in [-0.4, -0.2) is 48.1 Å². The SMILES string of the molecule is CC.CCOC=O.Cc1ccnc2cc(OC(C)C(=O)N3CCCCC3)ccc12. The molecule has 1 atom stereocenters. The predicted molar refractivity (Wildman–Crippen MR) is 116 cm³/mol. The first-order valence-corrected chi connectivity index (χ1v) is 10.4. The molecule has 3 rings (SSSR count). The number of aromatic nitrogens is 1. The minimum atomic E-state index is -0.458. The fourth-order valence-electron chi connectivity index (χ4n) is 3.04. The highest BCUT2D eigenvalue weighted by Crippen LogP contribution is 2.23. The zero-order chi connectivity index (χ0) is 21.6. The molecule has 2 aromatic rings. The molecule has 1 aliphatic rings. The second-order valence-electron chi connectivity index (χ2n) is 6.50. The fraction of sp³-hybridized carbons (Fsp3) is 0.522. The summed E-state index contributed by atoms with van der Waals surface area (Å²) in [6.07, 6.45) is 4.74. The third kappa shape index (κ3) is 7.72. The molecule has 0 bridgehead atoms. The lowest BCUT2D eigenvalue weighted by molar-refractivity contribution is -0.138. The molecular formula is C23H34N2O4. The van der Waals surface area contributed by atoms with E-state index in [0.29, 0.717) is 18.8 Å². The van der Waals surface area contributed by atoms with Gasteiger partial charge in [0.25, 0.3) is 12.4 Å². The number of piperidine rings is 1. The normalized spacial score (nSPS) is 13.9. The summed E-state index contributed by atoms with van der Waals surface area (Å²) < 4.78 is 10.00. The number of pyridine rings is 1. The molecule has 160 valence electrons. The maximum Gasteiger partial charge on any atom is 0.293 e. The first kappa shape index (κ1) is 24.4. The summed E-state index contributed by atoms with van der Waals surface area (Å²) in [7, 11) is 0. The Balaban J connectivity index is 0.000000527. The van der Waals surface area contributed by atoms with Gasteiger partial charge >= 0.3 is 0 Å². The van der Waals surface area contributed by atoms with Gasteiger partial charge in [-0.15, -0.1) is 0 Å². The van der Waals surface area contributed by atoms with Crippen molar-refractivity contribution in [2.45, 2.75) is 60.0 Å². The van der Waals surface area contributed by atoms with Gasteiger partial charge in [0.1, 0.15) is 5.75 Å². The maximum atomic E-state index is 12.4. The van der Waals surface area contributed by atoms with E-state index in [9.17, 15) is 9.59 Å². The Kier molecular flexibility index (Phi) is 11.4. The van der Waals surface area contributed by atoms with Gasteiger partial charge < -0.3 is 14.4 Å². The Labute approximate surface area is 174 Å². The number of aryl methyl sites for hydroxylation is 1. The van der Waals surface area contributed by atoms with Crippen LogP contribution >= 0.6 is 0 Å². The van der Waals surface area contributed by atoms with Crippen LogP contribution < -0.4 is 4.74 Å². The molecule has 2 heterocycles. The van der Waals surface area contributed by atoms with Crippen LogP contribution in [-0.2, 0) is 14.3 Å². The summed E-state index contributed by atoms with van der Waals surface area (Å²) in [4.78, 5) is 27.9. The second kappa shape index (κ2) is 13.5. The van der Waals surface area contributed by atoms with E-state index >= 15 is 0 Å². The zero-order valence-corrected chi connectivity index (χ0v) is 18.3. The van der Waals surface area contributed by atoms with Crippen molar-refractivity contribution >= 4 is 23.3 Å². The molecule has 1 aromatic carbocycles. The lowest BCUT2D eigenvalue weighted by atomic mass is 10.1. The number of carbonyl (C=O) groups is 2. The van der Waals surface area contributed by atoms with Crippen molar-refractivity contribution in [1.29, 1.82) is 0 Å². The zero-order valence-electron chi connectivity index (χ0n) is 18.3. The average Bonchev–Trinajstić information content (AvgIpc) is 2.76.